The molecule has 0 bridgehead atoms. The van der Waals surface area contributed by atoms with Crippen LogP contribution in [0.5, 0.6) is 0 Å². The summed E-state index contributed by atoms with van der Waals surface area (Å²) in [6.07, 6.45) is 1.95. The highest BCUT2D eigenvalue weighted by molar-refractivity contribution is 9.10. The highest BCUT2D eigenvalue weighted by Crippen LogP contribution is 2.19. The smallest absolute Gasteiger partial charge is 0.328 e. The Labute approximate surface area is 159 Å². The number of para-hydroxylation sites is 1. The van der Waals surface area contributed by atoms with E-state index in [4.69, 9.17) is 4.74 Å². The molecule has 0 aliphatic carbocycles. The third-order valence-corrected chi connectivity index (χ3v) is 4.82. The number of amides is 1. The Balaban J connectivity index is 1.88. The zero-order valence-electron chi connectivity index (χ0n) is 14.1. The van der Waals surface area contributed by atoms with E-state index in [-0.39, 0.29) is 5.91 Å². The van der Waals surface area contributed by atoms with E-state index in [1.54, 1.807) is 18.3 Å². The van der Waals surface area contributed by atoms with Gasteiger partial charge in [0.15, 0.2) is 0 Å². The molecule has 2 aromatic carbocycles. The van der Waals surface area contributed by atoms with Crippen molar-refractivity contribution in [1.29, 1.82) is 0 Å². The van der Waals surface area contributed by atoms with Gasteiger partial charge in [-0.1, -0.05) is 52.3 Å². The lowest BCUT2D eigenvalue weighted by molar-refractivity contribution is -0.142. The van der Waals surface area contributed by atoms with Crippen LogP contribution in [0.25, 0.3) is 10.9 Å². The number of ether oxygens (including phenoxy) is 1. The van der Waals surface area contributed by atoms with Crippen LogP contribution < -0.4 is 5.32 Å². The van der Waals surface area contributed by atoms with Crippen molar-refractivity contribution in [3.63, 3.8) is 0 Å². The molecule has 5 nitrogen and oxygen atoms in total. The summed E-state index contributed by atoms with van der Waals surface area (Å²) in [5.41, 5.74) is 1.92. The summed E-state index contributed by atoms with van der Waals surface area (Å²) < 4.78 is 5.73. The minimum atomic E-state index is -0.801. The first kappa shape index (κ1) is 18.1. The third kappa shape index (κ3) is 3.91. The molecule has 0 saturated carbocycles. The maximum absolute atomic E-state index is 12.8. The predicted octanol–water partition coefficient (Wildman–Crippen LogP) is 3.51. The van der Waals surface area contributed by atoms with E-state index in [2.05, 4.69) is 26.2 Å². The van der Waals surface area contributed by atoms with Crippen molar-refractivity contribution in [2.24, 2.45) is 0 Å². The van der Waals surface area contributed by atoms with Crippen molar-refractivity contribution in [3.05, 3.63) is 76.4 Å². The number of hydrogen-bond acceptors (Lipinski definition) is 4. The van der Waals surface area contributed by atoms with Gasteiger partial charge in [0.1, 0.15) is 6.04 Å². The van der Waals surface area contributed by atoms with E-state index in [0.29, 0.717) is 17.5 Å². The number of hydrogen-bond donors (Lipinski definition) is 1. The van der Waals surface area contributed by atoms with E-state index in [1.165, 1.54) is 7.11 Å². The van der Waals surface area contributed by atoms with E-state index < -0.39 is 12.0 Å². The molecule has 1 atom stereocenters. The second kappa shape index (κ2) is 8.10. The summed E-state index contributed by atoms with van der Waals surface area (Å²) in [5, 5.41) is 3.64. The van der Waals surface area contributed by atoms with Crippen LogP contribution in [0.3, 0.4) is 0 Å². The Hall–Kier alpha value is -2.73. The Morgan fingerprint density at radius 1 is 1.12 bits per heavy atom. The third-order valence-electron chi connectivity index (χ3n) is 4.05. The number of halogens is 1. The van der Waals surface area contributed by atoms with Crippen LogP contribution in [-0.2, 0) is 16.0 Å². The number of pyridine rings is 1. The summed E-state index contributed by atoms with van der Waals surface area (Å²) >= 11 is 3.46. The monoisotopic (exact) mass is 412 g/mol. The first-order chi connectivity index (χ1) is 12.6. The van der Waals surface area contributed by atoms with Gasteiger partial charge in [-0.2, -0.15) is 0 Å². The van der Waals surface area contributed by atoms with Crippen LogP contribution in [0.2, 0.25) is 0 Å². The number of rotatable bonds is 5. The summed E-state index contributed by atoms with van der Waals surface area (Å²) in [4.78, 5) is 29.3. The molecule has 3 aromatic rings. The molecule has 0 radical (unpaired) electrons. The summed E-state index contributed by atoms with van der Waals surface area (Å²) in [7, 11) is 1.31. The maximum Gasteiger partial charge on any atom is 0.328 e. The number of nitrogens with one attached hydrogen (secondary N) is 1. The van der Waals surface area contributed by atoms with Gasteiger partial charge in [0.05, 0.1) is 18.2 Å². The van der Waals surface area contributed by atoms with Crippen LogP contribution in [0.15, 0.2) is 65.3 Å². The van der Waals surface area contributed by atoms with Gasteiger partial charge in [-0.25, -0.2) is 4.79 Å². The average molecular weight is 413 g/mol. The van der Waals surface area contributed by atoms with Gasteiger partial charge in [-0.05, 0) is 23.8 Å². The fourth-order valence-corrected chi connectivity index (χ4v) is 3.19. The molecule has 0 aliphatic rings. The molecule has 1 heterocycles. The molecular formula is C20H17BrN2O3. The normalized spacial score (nSPS) is 11.8. The van der Waals surface area contributed by atoms with Gasteiger partial charge in [0.25, 0.3) is 5.91 Å². The maximum atomic E-state index is 12.8. The fraction of sp³-hybridized carbons (Fsp3) is 0.150. The van der Waals surface area contributed by atoms with Crippen LogP contribution >= 0.6 is 15.9 Å². The van der Waals surface area contributed by atoms with Crippen LogP contribution in [-0.4, -0.2) is 30.0 Å². The quantitative estimate of drug-likeness (QED) is 0.651. The summed E-state index contributed by atoms with van der Waals surface area (Å²) in [6.45, 7) is 0. The molecule has 132 valence electrons. The largest absolute Gasteiger partial charge is 0.467 e. The van der Waals surface area contributed by atoms with Gasteiger partial charge < -0.3 is 10.1 Å². The number of methoxy groups -OCH3 is 1. The van der Waals surface area contributed by atoms with Gasteiger partial charge in [-0.3, -0.25) is 9.78 Å². The topological polar surface area (TPSA) is 68.3 Å². The molecule has 6 heteroatoms. The molecule has 1 amide bonds. The average Bonchev–Trinajstić information content (AvgIpc) is 2.67. The molecule has 0 spiro atoms. The highest BCUT2D eigenvalue weighted by Gasteiger charge is 2.24. The number of fused-ring (bicyclic) bond motifs is 1. The Kier molecular flexibility index (Phi) is 5.63. The van der Waals surface area contributed by atoms with Gasteiger partial charge >= 0.3 is 5.97 Å². The van der Waals surface area contributed by atoms with Crippen molar-refractivity contribution in [1.82, 2.24) is 10.3 Å². The number of nitrogens with zero attached hydrogens (tertiary/aromatic N) is 1. The standard InChI is InChI=1S/C20H17BrN2O3/c1-26-20(25)17(12-14-6-2-3-10-16(14)21)23-19(24)15-9-4-7-13-8-5-11-22-18(13)15/h2-11,17H,12H2,1H3,(H,23,24)/t17-/m1/s1. The molecule has 0 saturated heterocycles. The first-order valence-electron chi connectivity index (χ1n) is 8.06. The number of benzene rings is 2. The molecule has 0 aliphatic heterocycles. The van der Waals surface area contributed by atoms with E-state index in [9.17, 15) is 9.59 Å². The lowest BCUT2D eigenvalue weighted by Crippen LogP contribution is -2.43. The van der Waals surface area contributed by atoms with E-state index >= 15 is 0 Å². The van der Waals surface area contributed by atoms with Gasteiger partial charge in [-0.15, -0.1) is 0 Å². The number of aromatic nitrogens is 1. The highest BCUT2D eigenvalue weighted by atomic mass is 79.9. The van der Waals surface area contributed by atoms with Gasteiger partial charge in [0, 0.05) is 22.5 Å². The molecule has 1 aromatic heterocycles. The number of carbonyl (C=O) groups excluding carboxylic acids is 2. The summed E-state index contributed by atoms with van der Waals surface area (Å²) in [6, 6.07) is 15.8. The fourth-order valence-electron chi connectivity index (χ4n) is 2.74. The van der Waals surface area contributed by atoms with Gasteiger partial charge in [0.2, 0.25) is 0 Å². The van der Waals surface area contributed by atoms with Crippen molar-refractivity contribution in [2.75, 3.05) is 7.11 Å². The van der Waals surface area contributed by atoms with Crippen molar-refractivity contribution < 1.29 is 14.3 Å². The molecule has 1 N–H and O–H groups in total. The van der Waals surface area contributed by atoms with Crippen molar-refractivity contribution >= 4 is 38.7 Å². The second-order valence-corrected chi connectivity index (χ2v) is 6.58. The number of esters is 1. The first-order valence-corrected chi connectivity index (χ1v) is 8.85. The molecule has 26 heavy (non-hydrogen) atoms. The lowest BCUT2D eigenvalue weighted by Gasteiger charge is -2.18. The minimum Gasteiger partial charge on any atom is -0.467 e. The number of carbonyl (C=O) groups is 2. The van der Waals surface area contributed by atoms with Crippen molar-refractivity contribution in [2.45, 2.75) is 12.5 Å². The molecule has 0 fully saturated rings. The predicted molar refractivity (Wildman–Crippen MR) is 103 cm³/mol. The van der Waals surface area contributed by atoms with Crippen LogP contribution in [0.4, 0.5) is 0 Å². The Morgan fingerprint density at radius 3 is 2.65 bits per heavy atom. The van der Waals surface area contributed by atoms with E-state index in [1.807, 2.05) is 42.5 Å². The molecular weight excluding hydrogens is 396 g/mol. The van der Waals surface area contributed by atoms with Crippen LogP contribution in [0.1, 0.15) is 15.9 Å². The zero-order chi connectivity index (χ0) is 18.5. The second-order valence-electron chi connectivity index (χ2n) is 5.73. The molecule has 3 rings (SSSR count). The molecule has 0 unspecified atom stereocenters. The lowest BCUT2D eigenvalue weighted by atomic mass is 10.0. The summed E-state index contributed by atoms with van der Waals surface area (Å²) in [5.74, 6) is -0.862. The van der Waals surface area contributed by atoms with Crippen LogP contribution in [0, 0.1) is 0 Å². The minimum absolute atomic E-state index is 0.317. The van der Waals surface area contributed by atoms with E-state index in [0.717, 1.165) is 15.4 Å². The van der Waals surface area contributed by atoms with Crippen molar-refractivity contribution in [3.8, 4) is 0 Å². The Morgan fingerprint density at radius 2 is 1.88 bits per heavy atom. The Bertz CT molecular complexity index is 953. The SMILES string of the molecule is COC(=O)[C@@H](Cc1ccccc1Br)NC(=O)c1cccc2cccnc12. The zero-order valence-corrected chi connectivity index (χ0v) is 15.7.